The number of rotatable bonds is 2. The highest BCUT2D eigenvalue weighted by Gasteiger charge is 2.43. The minimum Gasteiger partial charge on any atom is -0.333 e. The van der Waals surface area contributed by atoms with E-state index in [0.29, 0.717) is 18.0 Å². The zero-order valence-electron chi connectivity index (χ0n) is 14.5. The lowest BCUT2D eigenvalue weighted by Gasteiger charge is -2.39. The van der Waals surface area contributed by atoms with E-state index in [1.54, 1.807) is 0 Å². The molecule has 2 fully saturated rings. The van der Waals surface area contributed by atoms with Gasteiger partial charge in [0, 0.05) is 17.6 Å². The second-order valence-corrected chi connectivity index (χ2v) is 7.55. The standard InChI is InChI=1S/C22H25NO/c1-15-6-8-17(9-7-15)19-13-20-10-11-21(14-19)23(20)22(24)18-5-3-4-16(2)12-18/h3-9,12,19-21H,10-11,13-14H2,1-2H3/t19?,20-,21+. The monoisotopic (exact) mass is 319 g/mol. The van der Waals surface area contributed by atoms with Crippen LogP contribution < -0.4 is 0 Å². The Labute approximate surface area is 144 Å². The summed E-state index contributed by atoms with van der Waals surface area (Å²) in [5.41, 5.74) is 4.76. The van der Waals surface area contributed by atoms with Crippen molar-refractivity contribution >= 4 is 5.91 Å². The first kappa shape index (κ1) is 15.4. The van der Waals surface area contributed by atoms with Crippen molar-refractivity contribution in [2.45, 2.75) is 57.5 Å². The number of carbonyl (C=O) groups is 1. The normalized spacial score (nSPS) is 25.8. The van der Waals surface area contributed by atoms with Crippen LogP contribution in [0.25, 0.3) is 0 Å². The van der Waals surface area contributed by atoms with Gasteiger partial charge in [-0.05, 0) is 63.1 Å². The lowest BCUT2D eigenvalue weighted by atomic mass is 9.84. The largest absolute Gasteiger partial charge is 0.333 e. The van der Waals surface area contributed by atoms with Crippen LogP contribution in [0.2, 0.25) is 0 Å². The third-order valence-corrected chi connectivity index (χ3v) is 5.78. The van der Waals surface area contributed by atoms with Crippen LogP contribution in [0.1, 0.15) is 58.6 Å². The Morgan fingerprint density at radius 3 is 2.21 bits per heavy atom. The molecule has 3 atom stereocenters. The summed E-state index contributed by atoms with van der Waals surface area (Å²) < 4.78 is 0. The van der Waals surface area contributed by atoms with E-state index in [9.17, 15) is 4.79 Å². The van der Waals surface area contributed by atoms with Crippen molar-refractivity contribution in [3.63, 3.8) is 0 Å². The molecule has 2 bridgehead atoms. The topological polar surface area (TPSA) is 20.3 Å². The zero-order valence-corrected chi connectivity index (χ0v) is 14.5. The number of amides is 1. The van der Waals surface area contributed by atoms with Crippen molar-refractivity contribution in [1.82, 2.24) is 4.90 Å². The van der Waals surface area contributed by atoms with Crippen LogP contribution in [0.4, 0.5) is 0 Å². The average molecular weight is 319 g/mol. The summed E-state index contributed by atoms with van der Waals surface area (Å²) in [7, 11) is 0. The molecule has 0 N–H and O–H groups in total. The lowest BCUT2D eigenvalue weighted by Crippen LogP contribution is -2.46. The summed E-state index contributed by atoms with van der Waals surface area (Å²) in [5.74, 6) is 0.832. The molecule has 4 rings (SSSR count). The van der Waals surface area contributed by atoms with Gasteiger partial charge in [0.2, 0.25) is 0 Å². The number of piperidine rings is 1. The second kappa shape index (κ2) is 6.08. The van der Waals surface area contributed by atoms with Crippen LogP contribution >= 0.6 is 0 Å². The molecule has 2 heteroatoms. The highest BCUT2D eigenvalue weighted by atomic mass is 16.2. The van der Waals surface area contributed by atoms with Crippen molar-refractivity contribution in [2.75, 3.05) is 0 Å². The molecule has 0 aliphatic carbocycles. The smallest absolute Gasteiger partial charge is 0.254 e. The number of aryl methyl sites for hydroxylation is 2. The Morgan fingerprint density at radius 2 is 1.58 bits per heavy atom. The minimum atomic E-state index is 0.230. The molecule has 2 heterocycles. The van der Waals surface area contributed by atoms with Gasteiger partial charge in [0.05, 0.1) is 0 Å². The highest BCUT2D eigenvalue weighted by Crippen LogP contribution is 2.43. The van der Waals surface area contributed by atoms with E-state index in [0.717, 1.165) is 36.8 Å². The molecule has 124 valence electrons. The van der Waals surface area contributed by atoms with E-state index < -0.39 is 0 Å². The summed E-state index contributed by atoms with van der Waals surface area (Å²) in [6, 6.07) is 17.8. The molecule has 1 amide bonds. The number of carbonyl (C=O) groups excluding carboxylic acids is 1. The predicted octanol–water partition coefficient (Wildman–Crippen LogP) is 4.85. The molecule has 2 aromatic carbocycles. The molecule has 0 saturated carbocycles. The maximum atomic E-state index is 13.0. The molecule has 0 spiro atoms. The summed E-state index contributed by atoms with van der Waals surface area (Å²) in [6.07, 6.45) is 4.53. The second-order valence-electron chi connectivity index (χ2n) is 7.55. The molecule has 2 aliphatic rings. The fourth-order valence-corrected chi connectivity index (χ4v) is 4.55. The van der Waals surface area contributed by atoms with Gasteiger partial charge in [0.1, 0.15) is 0 Å². The predicted molar refractivity (Wildman–Crippen MR) is 97.3 cm³/mol. The van der Waals surface area contributed by atoms with Crippen LogP contribution in [-0.4, -0.2) is 22.9 Å². The van der Waals surface area contributed by atoms with E-state index in [2.05, 4.69) is 49.1 Å². The molecular formula is C22H25NO. The Kier molecular flexibility index (Phi) is 3.91. The molecule has 2 aromatic rings. The fourth-order valence-electron chi connectivity index (χ4n) is 4.55. The van der Waals surface area contributed by atoms with Crippen LogP contribution in [0, 0.1) is 13.8 Å². The average Bonchev–Trinajstić information content (AvgIpc) is 2.84. The minimum absolute atomic E-state index is 0.230. The van der Waals surface area contributed by atoms with Gasteiger partial charge < -0.3 is 4.90 Å². The van der Waals surface area contributed by atoms with Gasteiger partial charge in [0.25, 0.3) is 5.91 Å². The van der Waals surface area contributed by atoms with Crippen LogP contribution in [0.3, 0.4) is 0 Å². The van der Waals surface area contributed by atoms with E-state index >= 15 is 0 Å². The maximum Gasteiger partial charge on any atom is 0.254 e. The van der Waals surface area contributed by atoms with Crippen molar-refractivity contribution in [2.24, 2.45) is 0 Å². The SMILES string of the molecule is Cc1ccc(C2C[C@H]3CC[C@@H](C2)N3C(=O)c2cccc(C)c2)cc1. The first-order chi connectivity index (χ1) is 11.6. The summed E-state index contributed by atoms with van der Waals surface area (Å²) in [4.78, 5) is 15.2. The quantitative estimate of drug-likeness (QED) is 0.774. The Bertz CT molecular complexity index is 735. The van der Waals surface area contributed by atoms with Crippen LogP contribution in [0.5, 0.6) is 0 Å². The van der Waals surface area contributed by atoms with E-state index in [1.807, 2.05) is 18.2 Å². The van der Waals surface area contributed by atoms with Gasteiger partial charge in [-0.3, -0.25) is 4.79 Å². The summed E-state index contributed by atoms with van der Waals surface area (Å²) >= 11 is 0. The Balaban J connectivity index is 1.55. The molecule has 2 aliphatic heterocycles. The van der Waals surface area contributed by atoms with Crippen LogP contribution in [-0.2, 0) is 0 Å². The molecule has 0 aromatic heterocycles. The van der Waals surface area contributed by atoms with E-state index in [-0.39, 0.29) is 5.91 Å². The number of benzene rings is 2. The van der Waals surface area contributed by atoms with Crippen molar-refractivity contribution < 1.29 is 4.79 Å². The van der Waals surface area contributed by atoms with Crippen molar-refractivity contribution in [3.8, 4) is 0 Å². The first-order valence-electron chi connectivity index (χ1n) is 9.08. The third kappa shape index (κ3) is 2.75. The number of nitrogens with zero attached hydrogens (tertiary/aromatic N) is 1. The zero-order chi connectivity index (χ0) is 16.7. The molecule has 2 nitrogen and oxygen atoms in total. The Morgan fingerprint density at radius 1 is 0.917 bits per heavy atom. The number of hydrogen-bond donors (Lipinski definition) is 0. The van der Waals surface area contributed by atoms with Gasteiger partial charge in [-0.1, -0.05) is 47.5 Å². The van der Waals surface area contributed by atoms with Gasteiger partial charge in [-0.2, -0.15) is 0 Å². The van der Waals surface area contributed by atoms with Gasteiger partial charge in [-0.15, -0.1) is 0 Å². The van der Waals surface area contributed by atoms with Crippen LogP contribution in [0.15, 0.2) is 48.5 Å². The first-order valence-corrected chi connectivity index (χ1v) is 9.08. The van der Waals surface area contributed by atoms with E-state index in [4.69, 9.17) is 0 Å². The molecule has 0 radical (unpaired) electrons. The number of hydrogen-bond acceptors (Lipinski definition) is 1. The molecule has 2 saturated heterocycles. The third-order valence-electron chi connectivity index (χ3n) is 5.78. The molecule has 1 unspecified atom stereocenters. The Hall–Kier alpha value is -2.09. The summed E-state index contributed by atoms with van der Waals surface area (Å²) in [5, 5.41) is 0. The lowest BCUT2D eigenvalue weighted by molar-refractivity contribution is 0.0571. The van der Waals surface area contributed by atoms with Crippen molar-refractivity contribution in [3.05, 3.63) is 70.8 Å². The maximum absolute atomic E-state index is 13.0. The highest BCUT2D eigenvalue weighted by molar-refractivity contribution is 5.95. The van der Waals surface area contributed by atoms with Gasteiger partial charge in [0.15, 0.2) is 0 Å². The fraction of sp³-hybridized carbons (Fsp3) is 0.409. The van der Waals surface area contributed by atoms with Gasteiger partial charge >= 0.3 is 0 Å². The van der Waals surface area contributed by atoms with Crippen molar-refractivity contribution in [1.29, 1.82) is 0 Å². The molecular weight excluding hydrogens is 294 g/mol. The number of fused-ring (bicyclic) bond motifs is 2. The van der Waals surface area contributed by atoms with E-state index in [1.165, 1.54) is 11.1 Å². The molecule has 24 heavy (non-hydrogen) atoms. The van der Waals surface area contributed by atoms with Gasteiger partial charge in [-0.25, -0.2) is 0 Å². The summed E-state index contributed by atoms with van der Waals surface area (Å²) in [6.45, 7) is 4.19.